The number of anilines is 8. The normalized spacial score (nSPS) is 19.0. The molecule has 8 aromatic heterocycles. The van der Waals surface area contributed by atoms with Gasteiger partial charge in [-0.05, 0) is 197 Å². The highest BCUT2D eigenvalue weighted by molar-refractivity contribution is 7.92. The minimum absolute atomic E-state index is 0.0412. The molecule has 38 nitrogen and oxygen atoms in total. The standard InChI is InChI=1S/C26H34ClFN6O4S.C26H35ClN6O4S.C23H28ClFN6O3S.C23H29ClN6O3S/c1-16-12-18(16)15-34(10-11-37-4)21-13-20(22(27)23(30-21)33(3)39(5,35)36)24-31-32-25(38-24)26(2,29)14-17-6-8-19(28)9-7-17;1-17-13-19(17)16-33(11-12-36-4)21-14-20(22(27)23(29-21)32(3)38(5,34)35)24-30-31-25(37-24)26(2,28)15-18-9-7-6-8-10-18;1-13-9-15(13)12-27-18-10-17(19(24)20(28-18)31(3)35(4,32)33)21-29-30-22(34-21)23(2,26)11-14-5-7-16(25)8-6-14;1-14-10-16(14)13-26-18-11-17(19(24)20(27-18)30(3)34(4,31)32)21-28-29-22(33-21)23(2,25)12-15-8-6-5-7-9-15/h6-9,13,16,18H,10-12,14-15,29H2,1-5H3;6-10,14,17,19H,11-13,15-16,28H2,1-5H3;5-8,10,13,15H,9,11-12,26H2,1-4H3,(H,27,28);5-9,11,14,16H,10,12-13,25H2,1-4H3,(H,26,27)/t16?,18?,26-;17?,19?,26-;13?,15?,23-;14?,16?,23-/m0000/s1. The van der Waals surface area contributed by atoms with E-state index >= 15 is 0 Å². The fourth-order valence-electron chi connectivity index (χ4n) is 16.0. The number of hydrogen-bond acceptors (Lipinski definition) is 34. The number of halogens is 6. The molecule has 0 spiro atoms. The van der Waals surface area contributed by atoms with Crippen LogP contribution < -0.4 is 60.6 Å². The van der Waals surface area contributed by atoms with E-state index in [-0.39, 0.29) is 102 Å². The largest absolute Gasteiger partial charge is 0.419 e. The average molecular weight is 2170 g/mol. The molecule has 0 radical (unpaired) electrons. The van der Waals surface area contributed by atoms with Gasteiger partial charge >= 0.3 is 0 Å². The van der Waals surface area contributed by atoms with Crippen molar-refractivity contribution in [2.75, 3.05) is 158 Å². The third-order valence-electron chi connectivity index (χ3n) is 26.2. The lowest BCUT2D eigenvalue weighted by Crippen LogP contribution is -2.36. The molecule has 10 N–H and O–H groups in total. The molecule has 8 heterocycles. The number of aromatic nitrogens is 12. The fourth-order valence-corrected chi connectivity index (χ4v) is 19.2. The molecule has 4 saturated carbocycles. The molecule has 12 atom stereocenters. The molecule has 48 heteroatoms. The fraction of sp³-hybridized carbons (Fsp3) is 0.469. The van der Waals surface area contributed by atoms with Gasteiger partial charge in [-0.15, -0.1) is 40.8 Å². The van der Waals surface area contributed by atoms with E-state index in [1.54, 1.807) is 76.6 Å². The van der Waals surface area contributed by atoms with Gasteiger partial charge < -0.3 is 70.5 Å². The highest BCUT2D eigenvalue weighted by atomic mass is 35.5. The Labute approximate surface area is 870 Å². The predicted octanol–water partition coefficient (Wildman–Crippen LogP) is 15.0. The number of pyridine rings is 4. The zero-order valence-corrected chi connectivity index (χ0v) is 90.9. The van der Waals surface area contributed by atoms with Gasteiger partial charge in [0, 0.05) is 81.7 Å². The van der Waals surface area contributed by atoms with Crippen LogP contribution in [0.15, 0.2) is 151 Å². The monoisotopic (exact) mass is 2170 g/mol. The smallest absolute Gasteiger partial charge is 0.249 e. The SMILES string of the molecule is CC1CC1CNc1cc(-c2nnc([C@@](C)(N)Cc3ccc(F)cc3)o2)c(Cl)c(N(C)S(C)(=O)=O)n1.CC1CC1CNc1cc(-c2nnc([C@@](C)(N)Cc3ccccc3)o2)c(Cl)c(N(C)S(C)(=O)=O)n1.COCCN(CC1CC1C)c1cc(-c2nnc([C@@](C)(N)Cc3ccc(F)cc3)o2)c(Cl)c(N(C)S(C)(=O)=O)n1.COCCN(CC1CC1C)c1cc(-c2nnc([C@@](C)(N)Cc3ccccc3)o2)c(Cl)c(N(C)S(C)(=O)=O)n1. The zero-order chi connectivity index (χ0) is 106. The van der Waals surface area contributed by atoms with E-state index in [2.05, 4.69) is 109 Å². The minimum atomic E-state index is -3.68. The van der Waals surface area contributed by atoms with E-state index in [4.69, 9.17) is 96.5 Å². The molecular formula is C98H126Cl4F2N24O14S4. The number of nitrogens with zero attached hydrogens (tertiary/aromatic N) is 18. The molecule has 4 aliphatic rings. The van der Waals surface area contributed by atoms with Crippen molar-refractivity contribution in [3.63, 3.8) is 0 Å². The lowest BCUT2D eigenvalue weighted by molar-refractivity contribution is 0.204. The summed E-state index contributed by atoms with van der Waals surface area (Å²) >= 11 is 26.7. The van der Waals surface area contributed by atoms with Crippen molar-refractivity contribution >= 4 is 133 Å². The van der Waals surface area contributed by atoms with Gasteiger partial charge in [0.25, 0.3) is 0 Å². The predicted molar refractivity (Wildman–Crippen MR) is 564 cm³/mol. The molecule has 0 amide bonds. The number of ether oxygens (including phenoxy) is 2. The van der Waals surface area contributed by atoms with Gasteiger partial charge in [-0.2, -0.15) is 0 Å². The molecule has 788 valence electrons. The Morgan fingerprint density at radius 3 is 0.856 bits per heavy atom. The molecule has 0 saturated heterocycles. The molecule has 8 unspecified atom stereocenters. The molecular weight excluding hydrogens is 2050 g/mol. The quantitative estimate of drug-likeness (QED) is 0.0207. The first-order chi connectivity index (χ1) is 68.5. The van der Waals surface area contributed by atoms with Crippen molar-refractivity contribution in [1.29, 1.82) is 0 Å². The number of nitrogens with one attached hydrogen (secondary N) is 2. The van der Waals surface area contributed by atoms with E-state index in [0.29, 0.717) is 151 Å². The van der Waals surface area contributed by atoms with Gasteiger partial charge in [0.1, 0.15) is 34.9 Å². The van der Waals surface area contributed by atoms with Crippen LogP contribution in [-0.2, 0) is 97.4 Å². The average Bonchev–Trinajstić information content (AvgIpc) is 1.62. The Morgan fingerprint density at radius 2 is 0.616 bits per heavy atom. The van der Waals surface area contributed by atoms with Crippen LogP contribution in [-0.4, -0.2) is 214 Å². The number of nitrogens with two attached hydrogens (primary N) is 4. The Morgan fingerprint density at radius 1 is 0.377 bits per heavy atom. The highest BCUT2D eigenvalue weighted by Gasteiger charge is 2.42. The zero-order valence-electron chi connectivity index (χ0n) is 84.6. The number of rotatable bonds is 42. The lowest BCUT2D eigenvalue weighted by Gasteiger charge is -2.26. The van der Waals surface area contributed by atoms with Crippen LogP contribution in [0.25, 0.3) is 45.8 Å². The molecule has 0 aliphatic heterocycles. The van der Waals surface area contributed by atoms with Crippen LogP contribution in [0, 0.1) is 59.0 Å². The summed E-state index contributed by atoms with van der Waals surface area (Å²) in [5, 5.41) is 40.3. The topological polar surface area (TPSA) is 510 Å². The van der Waals surface area contributed by atoms with E-state index < -0.39 is 62.2 Å². The third-order valence-corrected chi connectivity index (χ3v) is 32.3. The van der Waals surface area contributed by atoms with Crippen LogP contribution in [0.1, 0.15) is 127 Å². The first kappa shape index (κ1) is 112. The summed E-state index contributed by atoms with van der Waals surface area (Å²) < 4.78 is 164. The summed E-state index contributed by atoms with van der Waals surface area (Å²) in [7, 11) is -5.73. The molecule has 12 aromatic rings. The molecule has 16 rings (SSSR count). The summed E-state index contributed by atoms with van der Waals surface area (Å²) in [5.74, 6) is 7.37. The van der Waals surface area contributed by atoms with Crippen molar-refractivity contribution in [3.05, 3.63) is 211 Å². The van der Waals surface area contributed by atoms with Gasteiger partial charge in [-0.25, -0.2) is 62.4 Å². The maximum Gasteiger partial charge on any atom is 0.249 e. The summed E-state index contributed by atoms with van der Waals surface area (Å²) in [4.78, 5) is 22.3. The Bertz CT molecular complexity index is 7050. The van der Waals surface area contributed by atoms with Crippen molar-refractivity contribution < 1.29 is 69.6 Å². The van der Waals surface area contributed by atoms with Crippen LogP contribution in [0.5, 0.6) is 0 Å². The third kappa shape index (κ3) is 28.9. The van der Waals surface area contributed by atoms with Gasteiger partial charge in [0.15, 0.2) is 23.3 Å². The highest BCUT2D eigenvalue weighted by Crippen LogP contribution is 2.48. The summed E-state index contributed by atoms with van der Waals surface area (Å²) in [5.41, 5.74) is 27.2. The van der Waals surface area contributed by atoms with Gasteiger partial charge in [-0.1, -0.05) is 159 Å². The second-order valence-corrected chi connectivity index (χ2v) is 49.0. The number of benzene rings is 4. The van der Waals surface area contributed by atoms with Crippen molar-refractivity contribution in [1.82, 2.24) is 60.7 Å². The second kappa shape index (κ2) is 46.0. The Balaban J connectivity index is 0.000000163. The maximum atomic E-state index is 13.3. The summed E-state index contributed by atoms with van der Waals surface area (Å²) in [6.45, 7) is 20.8. The van der Waals surface area contributed by atoms with Crippen LogP contribution >= 0.6 is 46.4 Å². The lowest BCUT2D eigenvalue weighted by atomic mass is 9.94. The minimum Gasteiger partial charge on any atom is -0.419 e. The van der Waals surface area contributed by atoms with Crippen LogP contribution in [0.4, 0.5) is 55.3 Å². The summed E-state index contributed by atoms with van der Waals surface area (Å²) in [6, 6.07) is 38.4. The van der Waals surface area contributed by atoms with E-state index in [0.717, 1.165) is 110 Å². The van der Waals surface area contributed by atoms with Crippen molar-refractivity contribution in [2.24, 2.45) is 70.3 Å². The molecule has 4 aromatic carbocycles. The first-order valence-electron chi connectivity index (χ1n) is 47.1. The molecule has 146 heavy (non-hydrogen) atoms. The Hall–Kier alpha value is -11.0. The number of methoxy groups -OCH3 is 2. The molecule has 0 bridgehead atoms. The van der Waals surface area contributed by atoms with Crippen molar-refractivity contribution in [3.8, 4) is 45.8 Å². The molecule has 4 aliphatic carbocycles. The Kier molecular flexibility index (Phi) is 35.4. The number of hydrogen-bond donors (Lipinski definition) is 6. The van der Waals surface area contributed by atoms with Crippen LogP contribution in [0.3, 0.4) is 0 Å². The van der Waals surface area contributed by atoms with Gasteiger partial charge in [0.2, 0.25) is 87.2 Å². The van der Waals surface area contributed by atoms with Gasteiger partial charge in [-0.3, -0.25) is 17.2 Å². The second-order valence-electron chi connectivity index (χ2n) is 39.4. The number of sulfonamides is 4. The first-order valence-corrected chi connectivity index (χ1v) is 56.0. The van der Waals surface area contributed by atoms with E-state index in [9.17, 15) is 42.5 Å². The maximum absolute atomic E-state index is 13.3. The van der Waals surface area contributed by atoms with Crippen molar-refractivity contribution in [2.45, 2.75) is 129 Å². The molecule has 4 fully saturated rings. The van der Waals surface area contributed by atoms with Crippen LogP contribution in [0.2, 0.25) is 20.1 Å². The van der Waals surface area contributed by atoms with E-state index in [1.807, 2.05) is 74.5 Å². The van der Waals surface area contributed by atoms with Gasteiger partial charge in [0.05, 0.1) is 103 Å². The summed E-state index contributed by atoms with van der Waals surface area (Å²) in [6.07, 6.45) is 10.5. The van der Waals surface area contributed by atoms with E-state index in [1.165, 1.54) is 52.5 Å².